The number of rotatable bonds is 49. The first kappa shape index (κ1) is 104. The van der Waals surface area contributed by atoms with Crippen LogP contribution in [0.25, 0.3) is 11.2 Å². The molecule has 0 spiro atoms. The molecule has 25 atom stereocenters. The van der Waals surface area contributed by atoms with Crippen LogP contribution in [0.5, 0.6) is 0 Å². The maximum absolute atomic E-state index is 15.5. The van der Waals surface area contributed by atoms with E-state index in [1.165, 1.54) is 62.5 Å². The van der Waals surface area contributed by atoms with Crippen molar-refractivity contribution in [3.63, 3.8) is 0 Å². The number of aliphatic hydroxyl groups is 1. The molecule has 0 aromatic carbocycles. The Hall–Kier alpha value is -5.15. The number of anilines is 2. The highest BCUT2D eigenvalue weighted by atomic mass is 32.7. The van der Waals surface area contributed by atoms with E-state index in [2.05, 4.69) is 34.9 Å². The Morgan fingerprint density at radius 1 is 0.419 bits per heavy atom. The number of nitrogens with two attached hydrogens (primary N) is 2. The van der Waals surface area contributed by atoms with Gasteiger partial charge in [0.05, 0.1) is 105 Å². The van der Waals surface area contributed by atoms with Crippen LogP contribution in [0.2, 0.25) is 0 Å². The van der Waals surface area contributed by atoms with E-state index < -0.39 is 247 Å². The van der Waals surface area contributed by atoms with Crippen molar-refractivity contribution in [3.8, 4) is 0 Å². The minimum absolute atomic E-state index is 0.0142. The van der Waals surface area contributed by atoms with Crippen LogP contribution in [0.3, 0.4) is 0 Å². The second-order valence-corrected chi connectivity index (χ2v) is 42.5. The van der Waals surface area contributed by atoms with Gasteiger partial charge in [0.2, 0.25) is 5.95 Å². The Morgan fingerprint density at radius 3 is 1.11 bits per heavy atom. The third-order valence-corrected chi connectivity index (χ3v) is 27.9. The highest BCUT2D eigenvalue weighted by molar-refractivity contribution is 8.32. The monoisotopic (exact) mass is 2020 g/mol. The number of hydrogen-bond donors (Lipinski definition) is 7. The van der Waals surface area contributed by atoms with Crippen LogP contribution in [0, 0.1) is 27.7 Å². The fourth-order valence-electron chi connectivity index (χ4n) is 13.9. The van der Waals surface area contributed by atoms with Gasteiger partial charge in [-0.25, -0.2) is 24.2 Å². The van der Waals surface area contributed by atoms with Crippen LogP contribution in [0.15, 0.2) is 69.5 Å². The SMILES string of the molecule is COCCOC1[C@@H](O)[C@@H](COP([O-])(=S)O[C@@H]2C(OCCOC)[C@H](n3cc(C)c(=O)[nH]c3=O)O[C@@H]2COP([O-])(=S)O[C@@H]2C(OCCOC)[C@H](n3cc(C)c(=O)[nH]c3=O)O[C@@H]2COP([O-])(=S)O[C@@H]2C(OCCOC)[C@H](n3cnc4c(=O)[nH]c(N)nc43)O[C@@H]2COP(=O)([S-])O[C@@H]2C(OCCOC)[C@H](n3cc(C)c(=O)[nH]c3=O)O[C@@H]2COP([O-])(=S)OC)O[C@H]1n1cc(C)c(N)nc1=O. The molecule has 0 radical (unpaired) electrons. The molecule has 53 nitrogen and oxygen atoms in total. The molecule has 722 valence electrons. The number of nitrogens with zero attached hydrogens (tertiary/aromatic N) is 8. The van der Waals surface area contributed by atoms with Crippen LogP contribution in [0.4, 0.5) is 11.8 Å². The predicted molar refractivity (Wildman–Crippen MR) is 450 cm³/mol. The zero-order valence-corrected chi connectivity index (χ0v) is 78.6. The predicted octanol–water partition coefficient (Wildman–Crippen LogP) is -5.30. The van der Waals surface area contributed by atoms with E-state index in [0.717, 1.165) is 54.9 Å². The van der Waals surface area contributed by atoms with Crippen molar-refractivity contribution in [2.75, 3.05) is 153 Å². The fourth-order valence-corrected chi connectivity index (χ4v) is 20.2. The van der Waals surface area contributed by atoms with Gasteiger partial charge < -0.3 is 165 Å². The lowest BCUT2D eigenvalue weighted by Crippen LogP contribution is -2.43. The first-order valence-corrected chi connectivity index (χ1v) is 51.4. The molecule has 63 heteroatoms. The van der Waals surface area contributed by atoms with Crippen LogP contribution in [-0.2, 0) is 180 Å². The molecule has 5 fully saturated rings. The van der Waals surface area contributed by atoms with Crippen molar-refractivity contribution in [1.29, 1.82) is 0 Å². The summed E-state index contributed by atoms with van der Waals surface area (Å²) >= 11 is 27.4. The molecule has 0 saturated carbocycles. The number of fused-ring (bicyclic) bond motifs is 1. The number of H-pyrrole nitrogens is 4. The smallest absolute Gasteiger partial charge is 0.351 e. The minimum atomic E-state index is -5.33. The Balaban J connectivity index is 0.911. The standard InChI is InChI=1S/C66H99N14O39P5S5/c1-31-21-76(63(86)70-51(31)67)57-46(101-16-11-95-5)41(81)35(111-57)25-107-121(91,126)116-43-37(113-59(48(43)103-18-13-97-7)78-23-33(3)54(83)74-65(78)88)27-108-122(92,127)118-44-38(114-60(49(44)104-19-14-98-8)79-24-34(4)55(84)75-66(79)89)28-109-124(94,129)119-45-39(115-61(50(45)105-20-15-99-9)80-30-69-40-52(80)71-62(68)72-56(40)85)29-110-123(93,128)117-42-36(26-106-120(90,125)100-10)112-58(47(42)102-17-12-96-6)77-22-32(2)53(82)73-64(77)87/h21-24,30,35-39,41-50,57-61,81H,11-20,25-29H2,1-10H3,(H,90,125)(H,91,126)(H,92,127)(H,93,128)(H,94,129)(H2,67,70,86)(H,73,82,87)(H,74,83,88)(H,75,84,89)(H3,68,71,72,85)/p-5/t35-,36-,37-,38-,39-,41+,42+,43+,44+,45+,46?,47?,48?,49?,50?,57-,58-,59-,60-,61-,120?,121?,122?,123?,124?/m1/s1. The van der Waals surface area contributed by atoms with E-state index in [-0.39, 0.29) is 93.1 Å². The normalized spacial score (nSPS) is 28.9. The van der Waals surface area contributed by atoms with Crippen molar-refractivity contribution in [1.82, 2.24) is 57.7 Å². The molecule has 5 aliphatic heterocycles. The average molecular weight is 2020 g/mol. The fraction of sp³-hybridized carbons (Fsp3) is 0.682. The molecule has 11 rings (SSSR count). The lowest BCUT2D eigenvalue weighted by molar-refractivity contribution is -0.223. The van der Waals surface area contributed by atoms with Crippen LogP contribution >= 0.6 is 33.7 Å². The van der Waals surface area contributed by atoms with E-state index in [9.17, 15) is 53.2 Å². The first-order chi connectivity index (χ1) is 61.1. The average Bonchev–Trinajstić information content (AvgIpc) is 1.61. The van der Waals surface area contributed by atoms with Crippen LogP contribution < -0.4 is 76.0 Å². The van der Waals surface area contributed by atoms with Gasteiger partial charge in [-0.3, -0.25) is 66.5 Å². The Bertz CT molecular complexity index is 5640. The molecule has 0 aliphatic carbocycles. The number of aromatic amines is 4. The highest BCUT2D eigenvalue weighted by Gasteiger charge is 2.56. The molecular formula is C66H94N14O39P5S5-5. The number of aromatic nitrogens is 12. The summed E-state index contributed by atoms with van der Waals surface area (Å²) in [6.45, 7) is -26.5. The van der Waals surface area contributed by atoms with Crippen molar-refractivity contribution < 1.29 is 146 Å². The van der Waals surface area contributed by atoms with Gasteiger partial charge in [0.1, 0.15) is 124 Å². The molecular weight excluding hydrogens is 1930 g/mol. The van der Waals surface area contributed by atoms with Gasteiger partial charge in [-0.05, 0) is 27.7 Å². The molecule has 6 aromatic rings. The zero-order valence-electron chi connectivity index (χ0n) is 70.0. The van der Waals surface area contributed by atoms with E-state index in [4.69, 9.17) is 187 Å². The van der Waals surface area contributed by atoms with Crippen LogP contribution in [0.1, 0.15) is 53.4 Å². The Labute approximate surface area is 755 Å². The van der Waals surface area contributed by atoms with Gasteiger partial charge in [0, 0.05) is 89.7 Å². The van der Waals surface area contributed by atoms with E-state index in [1.54, 1.807) is 6.92 Å². The van der Waals surface area contributed by atoms with E-state index in [1.807, 2.05) is 0 Å². The summed E-state index contributed by atoms with van der Waals surface area (Å²) < 4.78 is 167. The molecule has 5 saturated heterocycles. The van der Waals surface area contributed by atoms with Crippen molar-refractivity contribution >= 4 is 116 Å². The molecule has 6 aromatic heterocycles. The molecule has 11 heterocycles. The van der Waals surface area contributed by atoms with Gasteiger partial charge in [0.25, 0.3) is 22.2 Å². The van der Waals surface area contributed by atoms with Crippen molar-refractivity contribution in [2.45, 2.75) is 150 Å². The lowest BCUT2D eigenvalue weighted by Gasteiger charge is -2.38. The molecule has 0 amide bonds. The Kier molecular flexibility index (Phi) is 36.9. The second kappa shape index (κ2) is 45.7. The van der Waals surface area contributed by atoms with E-state index >= 15 is 14.4 Å². The number of nitrogens with one attached hydrogen (secondary N) is 4. The summed E-state index contributed by atoms with van der Waals surface area (Å²) in [5.74, 6) is -0.506. The third-order valence-electron chi connectivity index (χ3n) is 20.1. The second-order valence-electron chi connectivity index (χ2n) is 28.8. The first-order valence-electron chi connectivity index (χ1n) is 38.7. The molecule has 0 bridgehead atoms. The maximum Gasteiger partial charge on any atom is 0.351 e. The van der Waals surface area contributed by atoms with Gasteiger partial charge in [0.15, 0.2) is 49.1 Å². The van der Waals surface area contributed by atoms with Gasteiger partial charge >= 0.3 is 22.8 Å². The van der Waals surface area contributed by atoms with Crippen LogP contribution in [-0.4, -0.2) is 296 Å². The zero-order chi connectivity index (χ0) is 93.9. The number of aliphatic hydroxyl groups excluding tert-OH is 1. The number of aryl methyl sites for hydroxylation is 4. The number of hydrogen-bond acceptors (Lipinski definition) is 49. The molecule has 5 aliphatic rings. The molecule has 129 heavy (non-hydrogen) atoms. The summed E-state index contributed by atoms with van der Waals surface area (Å²) in [6.07, 6.45) is -28.2. The summed E-state index contributed by atoms with van der Waals surface area (Å²) in [4.78, 5) is 186. The summed E-state index contributed by atoms with van der Waals surface area (Å²) in [7, 11) is 7.67. The van der Waals surface area contributed by atoms with Crippen molar-refractivity contribution in [2.24, 2.45) is 0 Å². The summed E-state index contributed by atoms with van der Waals surface area (Å²) in [6, 6.07) is 0. The quantitative estimate of drug-likeness (QED) is 0.0107. The van der Waals surface area contributed by atoms with Crippen molar-refractivity contribution in [3.05, 3.63) is 137 Å². The van der Waals surface area contributed by atoms with Gasteiger partial charge in [-0.2, -0.15) is 9.97 Å². The number of imidazole rings is 1. The third kappa shape index (κ3) is 26.2. The lowest BCUT2D eigenvalue weighted by atomic mass is 10.1. The molecule has 9 N–H and O–H groups in total. The molecule has 10 unspecified atom stereocenters. The number of nitrogen functional groups attached to an aromatic ring is 2. The highest BCUT2D eigenvalue weighted by Crippen LogP contribution is 2.56. The maximum atomic E-state index is 15.5. The van der Waals surface area contributed by atoms with Gasteiger partial charge in [-0.1, -0.05) is 47.2 Å². The summed E-state index contributed by atoms with van der Waals surface area (Å²) in [5, 5.41) is 11.7. The van der Waals surface area contributed by atoms with E-state index in [0.29, 0.717) is 5.56 Å². The largest absolute Gasteiger partial charge is 0.780 e. The number of methoxy groups -OCH3 is 5. The number of ether oxygens (including phenoxy) is 15. The van der Waals surface area contributed by atoms with Gasteiger partial charge in [-0.15, -0.1) is 0 Å². The Morgan fingerprint density at radius 2 is 0.736 bits per heavy atom. The topological polar surface area (TPSA) is 675 Å². The summed E-state index contributed by atoms with van der Waals surface area (Å²) in [5.41, 5.74) is 4.29. The minimum Gasteiger partial charge on any atom is -0.780 e.